The van der Waals surface area contributed by atoms with Gasteiger partial charge in [-0.1, -0.05) is 6.07 Å². The second-order valence-corrected chi connectivity index (χ2v) is 6.48. The summed E-state index contributed by atoms with van der Waals surface area (Å²) in [6, 6.07) is 10.2. The highest BCUT2D eigenvalue weighted by atomic mass is 16.7. The molecule has 0 radical (unpaired) electrons. The Morgan fingerprint density at radius 3 is 2.64 bits per heavy atom. The molecule has 0 unspecified atom stereocenters. The first kappa shape index (κ1) is 17.8. The molecule has 0 atom stereocenters. The number of carbonyl (C=O) groups is 3. The molecular weight excluding hydrogens is 362 g/mol. The zero-order chi connectivity index (χ0) is 19.8. The van der Waals surface area contributed by atoms with E-state index in [2.05, 4.69) is 0 Å². The summed E-state index contributed by atoms with van der Waals surface area (Å²) in [4.78, 5) is 37.4. The van der Waals surface area contributed by atoms with E-state index in [0.717, 1.165) is 10.5 Å². The van der Waals surface area contributed by atoms with Gasteiger partial charge in [0.1, 0.15) is 6.61 Å². The van der Waals surface area contributed by atoms with Crippen LogP contribution in [0, 0.1) is 0 Å². The maximum atomic E-state index is 12.7. The molecule has 2 aliphatic rings. The standard InChI is InChI=1S/C21H17NO6/c1-12(23)15-4-5-18-16(8-15)17(21(25)22(18)13(2)24)10-26-9-14-3-6-19-20(7-14)28-11-27-19/h3-8,10H,9,11H2,1-2H3. The van der Waals surface area contributed by atoms with Gasteiger partial charge >= 0.3 is 0 Å². The first-order valence-corrected chi connectivity index (χ1v) is 8.66. The number of benzene rings is 2. The summed E-state index contributed by atoms with van der Waals surface area (Å²) in [7, 11) is 0. The third kappa shape index (κ3) is 3.00. The lowest BCUT2D eigenvalue weighted by Crippen LogP contribution is -2.31. The maximum Gasteiger partial charge on any atom is 0.268 e. The van der Waals surface area contributed by atoms with E-state index in [9.17, 15) is 14.4 Å². The molecule has 2 aliphatic heterocycles. The molecule has 0 saturated carbocycles. The smallest absolute Gasteiger partial charge is 0.268 e. The van der Waals surface area contributed by atoms with Crippen molar-refractivity contribution < 1.29 is 28.6 Å². The summed E-state index contributed by atoms with van der Waals surface area (Å²) >= 11 is 0. The SMILES string of the molecule is CC(=O)c1ccc2c(c1)C(=COCc1ccc3c(c1)OCO3)C(=O)N2C(C)=O. The summed E-state index contributed by atoms with van der Waals surface area (Å²) in [5, 5.41) is 0. The van der Waals surface area contributed by atoms with Crippen molar-refractivity contribution in [1.29, 1.82) is 0 Å². The fourth-order valence-electron chi connectivity index (χ4n) is 3.19. The summed E-state index contributed by atoms with van der Waals surface area (Å²) in [6.45, 7) is 3.15. The van der Waals surface area contributed by atoms with E-state index in [1.54, 1.807) is 30.3 Å². The Morgan fingerprint density at radius 1 is 1.11 bits per heavy atom. The van der Waals surface area contributed by atoms with Gasteiger partial charge < -0.3 is 14.2 Å². The van der Waals surface area contributed by atoms with Gasteiger partial charge in [0.25, 0.3) is 5.91 Å². The van der Waals surface area contributed by atoms with Crippen molar-refractivity contribution >= 4 is 28.9 Å². The molecule has 0 N–H and O–H groups in total. The fraction of sp³-hybridized carbons (Fsp3) is 0.190. The van der Waals surface area contributed by atoms with Crippen LogP contribution in [0.4, 0.5) is 5.69 Å². The van der Waals surface area contributed by atoms with Gasteiger partial charge in [-0.3, -0.25) is 14.4 Å². The lowest BCUT2D eigenvalue weighted by molar-refractivity contribution is -0.122. The number of amides is 2. The Kier molecular flexibility index (Phi) is 4.35. The van der Waals surface area contributed by atoms with Crippen LogP contribution in [0.25, 0.3) is 5.57 Å². The average Bonchev–Trinajstić information content (AvgIpc) is 3.23. The number of carbonyl (C=O) groups excluding carboxylic acids is 3. The number of imide groups is 1. The molecule has 0 aromatic heterocycles. The third-order valence-corrected chi connectivity index (χ3v) is 4.57. The van der Waals surface area contributed by atoms with Gasteiger partial charge in [-0.2, -0.15) is 0 Å². The van der Waals surface area contributed by atoms with Crippen LogP contribution in [0.2, 0.25) is 0 Å². The highest BCUT2D eigenvalue weighted by molar-refractivity contribution is 6.39. The number of hydrogen-bond acceptors (Lipinski definition) is 6. The lowest BCUT2D eigenvalue weighted by Gasteiger charge is -2.12. The minimum atomic E-state index is -0.478. The molecule has 0 bridgehead atoms. The van der Waals surface area contributed by atoms with Crippen molar-refractivity contribution in [2.24, 2.45) is 0 Å². The van der Waals surface area contributed by atoms with E-state index >= 15 is 0 Å². The summed E-state index contributed by atoms with van der Waals surface area (Å²) < 4.78 is 16.2. The molecule has 4 rings (SSSR count). The highest BCUT2D eigenvalue weighted by Crippen LogP contribution is 2.38. The predicted octanol–water partition coefficient (Wildman–Crippen LogP) is 3.07. The largest absolute Gasteiger partial charge is 0.496 e. The minimum absolute atomic E-state index is 0.128. The van der Waals surface area contributed by atoms with Crippen LogP contribution >= 0.6 is 0 Å². The number of ether oxygens (including phenoxy) is 3. The minimum Gasteiger partial charge on any atom is -0.496 e. The molecule has 2 aromatic carbocycles. The Labute approximate surface area is 161 Å². The fourth-order valence-corrected chi connectivity index (χ4v) is 3.19. The van der Waals surface area contributed by atoms with Crippen LogP contribution in [0.5, 0.6) is 11.5 Å². The predicted molar refractivity (Wildman–Crippen MR) is 99.9 cm³/mol. The van der Waals surface area contributed by atoms with Gasteiger partial charge in [0.05, 0.1) is 17.5 Å². The zero-order valence-electron chi connectivity index (χ0n) is 15.4. The van der Waals surface area contributed by atoms with E-state index in [4.69, 9.17) is 14.2 Å². The molecule has 7 nitrogen and oxygen atoms in total. The molecule has 0 fully saturated rings. The van der Waals surface area contributed by atoms with Gasteiger partial charge in [-0.05, 0) is 42.8 Å². The number of hydrogen-bond donors (Lipinski definition) is 0. The third-order valence-electron chi connectivity index (χ3n) is 4.57. The van der Waals surface area contributed by atoms with Crippen molar-refractivity contribution in [2.75, 3.05) is 11.7 Å². The summed E-state index contributed by atoms with van der Waals surface area (Å²) in [6.07, 6.45) is 1.33. The molecule has 28 heavy (non-hydrogen) atoms. The zero-order valence-corrected chi connectivity index (χ0v) is 15.4. The molecule has 0 aliphatic carbocycles. The molecule has 142 valence electrons. The number of rotatable bonds is 4. The monoisotopic (exact) mass is 379 g/mol. The Hall–Kier alpha value is -3.61. The van der Waals surface area contributed by atoms with Crippen LogP contribution < -0.4 is 14.4 Å². The van der Waals surface area contributed by atoms with E-state index in [1.807, 2.05) is 6.07 Å². The number of anilines is 1. The Morgan fingerprint density at radius 2 is 1.89 bits per heavy atom. The number of Topliss-reactive ketones (excluding diaryl/α,β-unsaturated/α-hetero) is 1. The van der Waals surface area contributed by atoms with Crippen molar-refractivity contribution in [2.45, 2.75) is 20.5 Å². The number of nitrogens with zero attached hydrogens (tertiary/aromatic N) is 1. The Balaban J connectivity index is 1.61. The summed E-state index contributed by atoms with van der Waals surface area (Å²) in [5.74, 6) is 0.313. The Bertz CT molecular complexity index is 1040. The lowest BCUT2D eigenvalue weighted by atomic mass is 10.0. The van der Waals surface area contributed by atoms with Crippen LogP contribution in [-0.4, -0.2) is 24.4 Å². The number of fused-ring (bicyclic) bond motifs is 2. The quantitative estimate of drug-likeness (QED) is 0.461. The second-order valence-electron chi connectivity index (χ2n) is 6.48. The van der Waals surface area contributed by atoms with E-state index in [0.29, 0.717) is 28.3 Å². The van der Waals surface area contributed by atoms with Gasteiger partial charge in [-0.15, -0.1) is 0 Å². The molecule has 2 heterocycles. The first-order valence-electron chi connectivity index (χ1n) is 8.66. The number of ketones is 1. The molecule has 0 saturated heterocycles. The molecule has 7 heteroatoms. The van der Waals surface area contributed by atoms with Crippen molar-refractivity contribution in [1.82, 2.24) is 0 Å². The van der Waals surface area contributed by atoms with Crippen LogP contribution in [0.3, 0.4) is 0 Å². The normalized spacial score (nSPS) is 15.7. The van der Waals surface area contributed by atoms with Gasteiger partial charge in [-0.25, -0.2) is 4.90 Å². The van der Waals surface area contributed by atoms with Crippen LogP contribution in [0.15, 0.2) is 42.7 Å². The van der Waals surface area contributed by atoms with Gasteiger partial charge in [0, 0.05) is 18.1 Å². The van der Waals surface area contributed by atoms with Gasteiger partial charge in [0.2, 0.25) is 12.7 Å². The average molecular weight is 379 g/mol. The van der Waals surface area contributed by atoms with E-state index in [-0.39, 0.29) is 24.8 Å². The first-order chi connectivity index (χ1) is 13.5. The maximum absolute atomic E-state index is 12.7. The second kappa shape index (κ2) is 6.84. The summed E-state index contributed by atoms with van der Waals surface area (Å²) in [5.41, 5.74) is 2.47. The van der Waals surface area contributed by atoms with Gasteiger partial charge in [0.15, 0.2) is 17.3 Å². The van der Waals surface area contributed by atoms with Crippen molar-refractivity contribution in [3.8, 4) is 11.5 Å². The molecule has 2 aromatic rings. The molecule has 2 amide bonds. The van der Waals surface area contributed by atoms with Crippen LogP contribution in [0.1, 0.15) is 35.3 Å². The van der Waals surface area contributed by atoms with E-state index < -0.39 is 11.8 Å². The van der Waals surface area contributed by atoms with Crippen LogP contribution in [-0.2, 0) is 20.9 Å². The molecule has 0 spiro atoms. The molecular formula is C21H17NO6. The van der Waals surface area contributed by atoms with Crippen molar-refractivity contribution in [3.63, 3.8) is 0 Å². The topological polar surface area (TPSA) is 82.1 Å². The van der Waals surface area contributed by atoms with E-state index in [1.165, 1.54) is 20.1 Å². The highest BCUT2D eigenvalue weighted by Gasteiger charge is 2.35. The van der Waals surface area contributed by atoms with Crippen molar-refractivity contribution in [3.05, 3.63) is 59.4 Å².